The van der Waals surface area contributed by atoms with Crippen molar-refractivity contribution < 1.29 is 9.47 Å². The van der Waals surface area contributed by atoms with E-state index in [0.717, 1.165) is 46.2 Å². The number of fused-ring (bicyclic) bond motifs is 11. The topological polar surface area (TPSA) is 21.7 Å². The minimum atomic E-state index is -0.0943. The molecule has 3 atom stereocenters. The van der Waals surface area contributed by atoms with Crippen molar-refractivity contribution in [2.45, 2.75) is 24.3 Å². The Balaban J connectivity index is 0.961. The van der Waals surface area contributed by atoms with Gasteiger partial charge in [0.1, 0.15) is 0 Å². The number of allylic oxidation sites excluding steroid dienone is 5. The average molecular weight is 784 g/mol. The van der Waals surface area contributed by atoms with Crippen molar-refractivity contribution in [3.05, 3.63) is 247 Å². The predicted molar refractivity (Wildman–Crippen MR) is 250 cm³/mol. The Hall–Kier alpha value is -7.62. The van der Waals surface area contributed by atoms with Crippen molar-refractivity contribution in [1.29, 1.82) is 0 Å². The van der Waals surface area contributed by atoms with Gasteiger partial charge in [-0.2, -0.15) is 0 Å². The molecule has 1 heterocycles. The molecule has 1 aliphatic heterocycles. The Morgan fingerprint density at radius 2 is 1.15 bits per heavy atom. The molecule has 0 fully saturated rings. The van der Waals surface area contributed by atoms with Gasteiger partial charge in [0, 0.05) is 22.9 Å². The van der Waals surface area contributed by atoms with E-state index >= 15 is 0 Å². The first kappa shape index (κ1) is 35.3. The van der Waals surface area contributed by atoms with E-state index in [2.05, 4.69) is 223 Å². The largest absolute Gasteiger partial charge is 0.453 e. The first-order chi connectivity index (χ1) is 30.2. The molecule has 290 valence electrons. The Bertz CT molecular complexity index is 3150. The Kier molecular flexibility index (Phi) is 8.45. The van der Waals surface area contributed by atoms with Crippen LogP contribution in [0.5, 0.6) is 11.5 Å². The Morgan fingerprint density at radius 1 is 0.475 bits per heavy atom. The van der Waals surface area contributed by atoms with Crippen LogP contribution in [0, 0.1) is 0 Å². The predicted octanol–water partition coefficient (Wildman–Crippen LogP) is 14.8. The van der Waals surface area contributed by atoms with E-state index in [-0.39, 0.29) is 17.9 Å². The smallest absolute Gasteiger partial charge is 0.170 e. The number of nitrogens with zero attached hydrogens (tertiary/aromatic N) is 1. The summed E-state index contributed by atoms with van der Waals surface area (Å²) in [7, 11) is 0. The van der Waals surface area contributed by atoms with Crippen LogP contribution in [0.1, 0.15) is 34.9 Å². The summed E-state index contributed by atoms with van der Waals surface area (Å²) in [6, 6.07) is 67.9. The van der Waals surface area contributed by atoms with Crippen LogP contribution < -0.4 is 14.4 Å². The molecule has 3 nitrogen and oxygen atoms in total. The van der Waals surface area contributed by atoms with Gasteiger partial charge in [0.15, 0.2) is 23.0 Å². The highest BCUT2D eigenvalue weighted by Gasteiger charge is 2.40. The maximum absolute atomic E-state index is 7.21. The van der Waals surface area contributed by atoms with Gasteiger partial charge in [-0.1, -0.05) is 182 Å². The van der Waals surface area contributed by atoms with E-state index in [1.54, 1.807) is 0 Å². The van der Waals surface area contributed by atoms with Gasteiger partial charge in [0.2, 0.25) is 0 Å². The van der Waals surface area contributed by atoms with E-state index in [4.69, 9.17) is 9.47 Å². The van der Waals surface area contributed by atoms with Crippen LogP contribution in [0.3, 0.4) is 0 Å². The molecule has 0 aromatic heterocycles. The summed E-state index contributed by atoms with van der Waals surface area (Å²) < 4.78 is 14.0. The number of ether oxygens (including phenoxy) is 2. The van der Waals surface area contributed by atoms with Crippen molar-refractivity contribution >= 4 is 27.7 Å². The summed E-state index contributed by atoms with van der Waals surface area (Å²) in [5.74, 6) is 2.99. The summed E-state index contributed by atoms with van der Waals surface area (Å²) in [5, 5.41) is 2.44. The highest BCUT2D eigenvalue weighted by Crippen LogP contribution is 2.55. The van der Waals surface area contributed by atoms with Crippen molar-refractivity contribution in [3.63, 3.8) is 0 Å². The quantitative estimate of drug-likeness (QED) is 0.174. The molecule has 3 aliphatic carbocycles. The molecular formula is C58H41NO2. The number of benzene rings is 8. The van der Waals surface area contributed by atoms with Gasteiger partial charge in [-0.15, -0.1) is 0 Å². The lowest BCUT2D eigenvalue weighted by atomic mass is 9.70. The zero-order valence-corrected chi connectivity index (χ0v) is 33.5. The van der Waals surface area contributed by atoms with Crippen LogP contribution in [-0.4, -0.2) is 6.04 Å². The second kappa shape index (κ2) is 14.6. The maximum atomic E-state index is 7.21. The van der Waals surface area contributed by atoms with Crippen molar-refractivity contribution in [2.24, 2.45) is 0 Å². The minimum absolute atomic E-state index is 0.0485. The molecule has 3 heteroatoms. The fourth-order valence-electron chi connectivity index (χ4n) is 10.1. The average Bonchev–Trinajstić information content (AvgIpc) is 3.33. The summed E-state index contributed by atoms with van der Waals surface area (Å²) in [5.41, 5.74) is 14.5. The van der Waals surface area contributed by atoms with E-state index in [0.29, 0.717) is 5.75 Å². The molecule has 0 radical (unpaired) electrons. The summed E-state index contributed by atoms with van der Waals surface area (Å²) in [4.78, 5) is 2.52. The third kappa shape index (κ3) is 6.04. The summed E-state index contributed by atoms with van der Waals surface area (Å²) >= 11 is 0. The number of para-hydroxylation sites is 1. The van der Waals surface area contributed by atoms with Gasteiger partial charge in [-0.25, -0.2) is 0 Å². The highest BCUT2D eigenvalue weighted by molar-refractivity contribution is 5.91. The van der Waals surface area contributed by atoms with Crippen LogP contribution in [-0.2, 0) is 0 Å². The van der Waals surface area contributed by atoms with Gasteiger partial charge in [0.25, 0.3) is 0 Å². The SMILES string of the molecule is C1=CC(N(c2ccc3ccccc3c2)c2ccccc2-c2ccc3c(c2)OC2=C(C=CC4c5ccccc5-c5ccccc5-c5ccccc5C24)O3)CC(c2ccccc2)=C1. The van der Waals surface area contributed by atoms with Crippen LogP contribution in [0.2, 0.25) is 0 Å². The second-order valence-corrected chi connectivity index (χ2v) is 16.3. The molecule has 4 aliphatic rings. The molecule has 0 saturated heterocycles. The molecule has 61 heavy (non-hydrogen) atoms. The lowest BCUT2D eigenvalue weighted by molar-refractivity contribution is 0.272. The zero-order chi connectivity index (χ0) is 40.3. The number of anilines is 2. The Labute approximate surface area is 356 Å². The molecule has 12 rings (SSSR count). The van der Waals surface area contributed by atoms with E-state index in [1.807, 2.05) is 0 Å². The standard InChI is InChI=1S/C58H41NO2/c1-2-15-38(16-3-1)41-19-14-20-43(35-41)59(44-31-29-39-17-4-5-18-40(39)36-44)53-28-13-12-21-45(53)42-30-33-54-56(37-42)61-58-55(60-54)34-32-52-50-26-9-8-24-48(50)46-22-6-7-23-47(46)49-25-10-11-27-51(49)57(52)58/h1-34,36-37,43,52,57H,35H2. The molecule has 0 spiro atoms. The molecule has 0 amide bonds. The van der Waals surface area contributed by atoms with E-state index in [1.165, 1.54) is 55.3 Å². The van der Waals surface area contributed by atoms with Crippen LogP contribution in [0.15, 0.2) is 230 Å². The van der Waals surface area contributed by atoms with E-state index < -0.39 is 0 Å². The van der Waals surface area contributed by atoms with Gasteiger partial charge < -0.3 is 14.4 Å². The van der Waals surface area contributed by atoms with E-state index in [9.17, 15) is 0 Å². The fourth-order valence-corrected chi connectivity index (χ4v) is 10.1. The highest BCUT2D eigenvalue weighted by atomic mass is 16.6. The molecule has 0 bridgehead atoms. The molecular weight excluding hydrogens is 743 g/mol. The molecule has 3 unspecified atom stereocenters. The molecule has 0 saturated carbocycles. The molecule has 0 N–H and O–H groups in total. The lowest BCUT2D eigenvalue weighted by Gasteiger charge is -2.38. The lowest BCUT2D eigenvalue weighted by Crippen LogP contribution is -2.31. The third-order valence-corrected chi connectivity index (χ3v) is 12.9. The van der Waals surface area contributed by atoms with Crippen LogP contribution in [0.25, 0.3) is 49.7 Å². The monoisotopic (exact) mass is 783 g/mol. The number of hydrogen-bond acceptors (Lipinski definition) is 3. The summed E-state index contributed by atoms with van der Waals surface area (Å²) in [6.45, 7) is 0. The summed E-state index contributed by atoms with van der Waals surface area (Å²) in [6.07, 6.45) is 12.1. The number of hydrogen-bond donors (Lipinski definition) is 0. The van der Waals surface area contributed by atoms with Gasteiger partial charge in [0.05, 0.1) is 12.0 Å². The van der Waals surface area contributed by atoms with Crippen LogP contribution in [0.4, 0.5) is 11.4 Å². The van der Waals surface area contributed by atoms with Crippen LogP contribution >= 0.6 is 0 Å². The van der Waals surface area contributed by atoms with Gasteiger partial charge in [-0.05, 0) is 104 Å². The van der Waals surface area contributed by atoms with Crippen molar-refractivity contribution in [2.75, 3.05) is 4.90 Å². The Morgan fingerprint density at radius 3 is 1.97 bits per heavy atom. The van der Waals surface area contributed by atoms with Crippen molar-refractivity contribution in [3.8, 4) is 44.9 Å². The fraction of sp³-hybridized carbons (Fsp3) is 0.0690. The first-order valence-electron chi connectivity index (χ1n) is 21.3. The molecule has 8 aromatic rings. The second-order valence-electron chi connectivity index (χ2n) is 16.3. The maximum Gasteiger partial charge on any atom is 0.170 e. The normalized spacial score (nSPS) is 18.1. The minimum Gasteiger partial charge on any atom is -0.453 e. The van der Waals surface area contributed by atoms with Gasteiger partial charge in [-0.3, -0.25) is 0 Å². The molecule has 8 aromatic carbocycles. The van der Waals surface area contributed by atoms with Gasteiger partial charge >= 0.3 is 0 Å². The third-order valence-electron chi connectivity index (χ3n) is 12.9. The first-order valence-corrected chi connectivity index (χ1v) is 21.3. The number of rotatable bonds is 5. The van der Waals surface area contributed by atoms with Crippen molar-refractivity contribution in [1.82, 2.24) is 0 Å². The zero-order valence-electron chi connectivity index (χ0n) is 33.5.